The largest absolute Gasteiger partial charge is 0.354 e. The van der Waals surface area contributed by atoms with Crippen LogP contribution in [-0.4, -0.2) is 30.9 Å². The van der Waals surface area contributed by atoms with Crippen molar-refractivity contribution in [1.29, 1.82) is 0 Å². The molecule has 3 N–H and O–H groups in total. The van der Waals surface area contributed by atoms with Crippen molar-refractivity contribution >= 4 is 11.8 Å². The van der Waals surface area contributed by atoms with Gasteiger partial charge in [-0.05, 0) is 55.5 Å². The Morgan fingerprint density at radius 3 is 3.00 bits per heavy atom. The molecule has 5 heteroatoms. The van der Waals surface area contributed by atoms with Crippen molar-refractivity contribution in [1.82, 2.24) is 16.0 Å². The molecule has 2 aliphatic heterocycles. The molecule has 2 heterocycles. The van der Waals surface area contributed by atoms with Gasteiger partial charge in [0.2, 0.25) is 5.91 Å². The van der Waals surface area contributed by atoms with Gasteiger partial charge < -0.3 is 16.0 Å². The average molecular weight is 287 g/mol. The number of benzene rings is 1. The first-order chi connectivity index (χ1) is 10.2. The molecular formula is C16H21N3O2. The van der Waals surface area contributed by atoms with E-state index < -0.39 is 6.04 Å². The summed E-state index contributed by atoms with van der Waals surface area (Å²) in [6.45, 7) is 2.50. The molecule has 2 aliphatic rings. The van der Waals surface area contributed by atoms with Crippen molar-refractivity contribution in [3.8, 4) is 0 Å². The molecule has 1 unspecified atom stereocenters. The molecule has 3 rings (SSSR count). The fourth-order valence-electron chi connectivity index (χ4n) is 2.94. The van der Waals surface area contributed by atoms with Crippen LogP contribution in [0, 0.1) is 0 Å². The lowest BCUT2D eigenvalue weighted by Gasteiger charge is -2.19. The zero-order chi connectivity index (χ0) is 14.7. The van der Waals surface area contributed by atoms with Crippen LogP contribution in [0.4, 0.5) is 0 Å². The fraction of sp³-hybridized carbons (Fsp3) is 0.500. The first-order valence-corrected chi connectivity index (χ1v) is 7.65. The van der Waals surface area contributed by atoms with Crippen LogP contribution in [0.15, 0.2) is 18.2 Å². The van der Waals surface area contributed by atoms with Crippen LogP contribution in [0.1, 0.15) is 40.7 Å². The van der Waals surface area contributed by atoms with Gasteiger partial charge in [-0.25, -0.2) is 0 Å². The Hall–Kier alpha value is -1.88. The Labute approximate surface area is 124 Å². The summed E-state index contributed by atoms with van der Waals surface area (Å²) in [6, 6.07) is 5.41. The Morgan fingerprint density at radius 1 is 1.19 bits per heavy atom. The van der Waals surface area contributed by atoms with Gasteiger partial charge in [-0.1, -0.05) is 6.07 Å². The zero-order valence-corrected chi connectivity index (χ0v) is 12.1. The van der Waals surface area contributed by atoms with Gasteiger partial charge in [0.1, 0.15) is 6.04 Å². The van der Waals surface area contributed by atoms with Crippen molar-refractivity contribution in [3.05, 3.63) is 34.9 Å². The van der Waals surface area contributed by atoms with Crippen molar-refractivity contribution < 1.29 is 9.59 Å². The Balaban J connectivity index is 1.71. The number of carbonyl (C=O) groups excluding carboxylic acids is 2. The van der Waals surface area contributed by atoms with Crippen molar-refractivity contribution in [2.75, 3.05) is 13.1 Å². The molecule has 1 atom stereocenters. The molecule has 0 spiro atoms. The van der Waals surface area contributed by atoms with Gasteiger partial charge >= 0.3 is 0 Å². The van der Waals surface area contributed by atoms with E-state index in [0.29, 0.717) is 18.5 Å². The van der Waals surface area contributed by atoms with Gasteiger partial charge in [-0.15, -0.1) is 0 Å². The number of hydrogen-bond acceptors (Lipinski definition) is 3. The molecule has 5 nitrogen and oxygen atoms in total. The molecular weight excluding hydrogens is 266 g/mol. The molecule has 1 fully saturated rings. The van der Waals surface area contributed by atoms with Crippen LogP contribution in [0.25, 0.3) is 0 Å². The molecule has 112 valence electrons. The first-order valence-electron chi connectivity index (χ1n) is 7.65. The number of amides is 2. The minimum atomic E-state index is -0.408. The van der Waals surface area contributed by atoms with E-state index in [2.05, 4.69) is 16.0 Å². The monoisotopic (exact) mass is 287 g/mol. The maximum Gasteiger partial charge on any atom is 0.251 e. The summed E-state index contributed by atoms with van der Waals surface area (Å²) in [6.07, 6.45) is 3.65. The number of carbonyl (C=O) groups is 2. The van der Waals surface area contributed by atoms with Crippen LogP contribution >= 0.6 is 0 Å². The quantitative estimate of drug-likeness (QED) is 0.751. The minimum absolute atomic E-state index is 0.0690. The standard InChI is InChI=1S/C16H21N3O2/c20-15(19-14-3-1-2-7-18-16(14)21)12-5-4-11-6-8-17-10-13(11)9-12/h4-5,9,14,17H,1-3,6-8,10H2,(H,18,21)(H,19,20). The van der Waals surface area contributed by atoms with Gasteiger partial charge in [-0.2, -0.15) is 0 Å². The van der Waals surface area contributed by atoms with E-state index in [9.17, 15) is 9.59 Å². The highest BCUT2D eigenvalue weighted by molar-refractivity contribution is 5.97. The van der Waals surface area contributed by atoms with Crippen molar-refractivity contribution in [2.24, 2.45) is 0 Å². The van der Waals surface area contributed by atoms with Gasteiger partial charge in [0.25, 0.3) is 5.91 Å². The second kappa shape index (κ2) is 6.26. The minimum Gasteiger partial charge on any atom is -0.354 e. The molecule has 0 aromatic heterocycles. The summed E-state index contributed by atoms with van der Waals surface area (Å²) in [5.74, 6) is -0.231. The summed E-state index contributed by atoms with van der Waals surface area (Å²) in [5, 5.41) is 9.01. The molecule has 2 amide bonds. The maximum atomic E-state index is 12.3. The predicted molar refractivity (Wildman–Crippen MR) is 80.0 cm³/mol. The predicted octanol–water partition coefficient (Wildman–Crippen LogP) is 0.731. The number of hydrogen-bond donors (Lipinski definition) is 3. The van der Waals surface area contributed by atoms with Gasteiger partial charge in [0.15, 0.2) is 0 Å². The van der Waals surface area contributed by atoms with E-state index in [1.807, 2.05) is 18.2 Å². The van der Waals surface area contributed by atoms with Crippen LogP contribution in [0.3, 0.4) is 0 Å². The van der Waals surface area contributed by atoms with Crippen molar-refractivity contribution in [2.45, 2.75) is 38.3 Å². The molecule has 1 aromatic rings. The molecule has 0 aliphatic carbocycles. The third-order valence-corrected chi connectivity index (χ3v) is 4.20. The smallest absolute Gasteiger partial charge is 0.251 e. The Kier molecular flexibility index (Phi) is 4.20. The third-order valence-electron chi connectivity index (χ3n) is 4.20. The lowest BCUT2D eigenvalue weighted by atomic mass is 9.98. The highest BCUT2D eigenvalue weighted by atomic mass is 16.2. The Bertz CT molecular complexity index is 556. The molecule has 21 heavy (non-hydrogen) atoms. The lowest BCUT2D eigenvalue weighted by Crippen LogP contribution is -2.45. The van der Waals surface area contributed by atoms with E-state index in [1.165, 1.54) is 11.1 Å². The average Bonchev–Trinajstić information content (AvgIpc) is 2.72. The van der Waals surface area contributed by atoms with Crippen LogP contribution < -0.4 is 16.0 Å². The summed E-state index contributed by atoms with van der Waals surface area (Å²) >= 11 is 0. The zero-order valence-electron chi connectivity index (χ0n) is 12.1. The van der Waals surface area contributed by atoms with E-state index in [0.717, 1.165) is 32.4 Å². The van der Waals surface area contributed by atoms with E-state index >= 15 is 0 Å². The highest BCUT2D eigenvalue weighted by Gasteiger charge is 2.23. The van der Waals surface area contributed by atoms with Crippen molar-refractivity contribution in [3.63, 3.8) is 0 Å². The second-order valence-corrected chi connectivity index (χ2v) is 5.72. The summed E-state index contributed by atoms with van der Waals surface area (Å²) < 4.78 is 0. The normalized spacial score (nSPS) is 21.9. The molecule has 0 bridgehead atoms. The molecule has 0 saturated carbocycles. The van der Waals surface area contributed by atoms with Gasteiger partial charge in [0, 0.05) is 18.7 Å². The summed E-state index contributed by atoms with van der Waals surface area (Å²) in [5.41, 5.74) is 3.12. The van der Waals surface area contributed by atoms with E-state index in [1.54, 1.807) is 0 Å². The molecule has 0 radical (unpaired) electrons. The topological polar surface area (TPSA) is 70.2 Å². The summed E-state index contributed by atoms with van der Waals surface area (Å²) in [7, 11) is 0. The van der Waals surface area contributed by atoms with E-state index in [-0.39, 0.29) is 11.8 Å². The number of rotatable bonds is 2. The number of fused-ring (bicyclic) bond motifs is 1. The lowest BCUT2D eigenvalue weighted by molar-refractivity contribution is -0.122. The van der Waals surface area contributed by atoms with Gasteiger partial charge in [-0.3, -0.25) is 9.59 Å². The maximum absolute atomic E-state index is 12.3. The molecule has 1 saturated heterocycles. The first kappa shape index (κ1) is 14.1. The van der Waals surface area contributed by atoms with Crippen LogP contribution in [-0.2, 0) is 17.8 Å². The Morgan fingerprint density at radius 2 is 2.10 bits per heavy atom. The van der Waals surface area contributed by atoms with Crippen LogP contribution in [0.5, 0.6) is 0 Å². The SMILES string of the molecule is O=C(NC1CCCCNC1=O)c1ccc2c(c1)CNCC2. The van der Waals surface area contributed by atoms with E-state index in [4.69, 9.17) is 0 Å². The van der Waals surface area contributed by atoms with Gasteiger partial charge in [0.05, 0.1) is 0 Å². The summed E-state index contributed by atoms with van der Waals surface area (Å²) in [4.78, 5) is 24.2. The molecule has 1 aromatic carbocycles. The third kappa shape index (κ3) is 3.24. The fourth-order valence-corrected chi connectivity index (χ4v) is 2.94. The highest BCUT2D eigenvalue weighted by Crippen LogP contribution is 2.16. The van der Waals surface area contributed by atoms with Crippen LogP contribution in [0.2, 0.25) is 0 Å². The number of nitrogens with one attached hydrogen (secondary N) is 3. The second-order valence-electron chi connectivity index (χ2n) is 5.72.